The van der Waals surface area contributed by atoms with Crippen LogP contribution in [0.1, 0.15) is 24.2 Å². The molecule has 0 aliphatic carbocycles. The van der Waals surface area contributed by atoms with Crippen molar-refractivity contribution in [1.29, 1.82) is 0 Å². The number of hydrogen-bond acceptors (Lipinski definition) is 2. The molecule has 0 aliphatic rings. The largest absolute Gasteiger partial charge is 0.350 e. The van der Waals surface area contributed by atoms with Crippen LogP contribution in [0.2, 0.25) is 10.0 Å². The Hall–Kier alpha value is -0.770. The van der Waals surface area contributed by atoms with E-state index in [1.807, 2.05) is 13.8 Å². The van der Waals surface area contributed by atoms with Gasteiger partial charge in [-0.05, 0) is 18.1 Å². The molecule has 3 nitrogen and oxygen atoms in total. The average Bonchev–Trinajstić information content (AvgIpc) is 2.29. The zero-order chi connectivity index (χ0) is 13.0. The Morgan fingerprint density at radius 1 is 1.41 bits per heavy atom. The fraction of sp³-hybridized carbons (Fsp3) is 0.417. The molecule has 0 aliphatic heterocycles. The van der Waals surface area contributed by atoms with Gasteiger partial charge in [0.05, 0.1) is 15.6 Å². The third-order valence-corrected chi connectivity index (χ3v) is 3.37. The van der Waals surface area contributed by atoms with Gasteiger partial charge in [0.2, 0.25) is 0 Å². The Labute approximate surface area is 111 Å². The maximum Gasteiger partial charge on any atom is 0.252 e. The highest BCUT2D eigenvalue weighted by Crippen LogP contribution is 2.25. The number of nitrogens with one attached hydrogen (secondary N) is 1. The molecule has 0 spiro atoms. The molecule has 94 valence electrons. The van der Waals surface area contributed by atoms with Crippen molar-refractivity contribution in [2.75, 3.05) is 6.54 Å². The third kappa shape index (κ3) is 3.87. The van der Waals surface area contributed by atoms with E-state index in [-0.39, 0.29) is 17.0 Å². The van der Waals surface area contributed by atoms with Crippen molar-refractivity contribution in [3.05, 3.63) is 33.8 Å². The maximum atomic E-state index is 11.8. The zero-order valence-corrected chi connectivity index (χ0v) is 11.3. The molecule has 1 unspecified atom stereocenters. The van der Waals surface area contributed by atoms with Crippen molar-refractivity contribution in [3.63, 3.8) is 0 Å². The first kappa shape index (κ1) is 14.3. The molecule has 0 saturated heterocycles. The summed E-state index contributed by atoms with van der Waals surface area (Å²) in [5.74, 6) is 0.0544. The van der Waals surface area contributed by atoms with Crippen molar-refractivity contribution in [2.24, 2.45) is 11.7 Å². The zero-order valence-electron chi connectivity index (χ0n) is 9.84. The van der Waals surface area contributed by atoms with Gasteiger partial charge >= 0.3 is 0 Å². The van der Waals surface area contributed by atoms with Gasteiger partial charge in [0.1, 0.15) is 0 Å². The van der Waals surface area contributed by atoms with Crippen molar-refractivity contribution in [3.8, 4) is 0 Å². The monoisotopic (exact) mass is 274 g/mol. The van der Waals surface area contributed by atoms with Crippen molar-refractivity contribution in [2.45, 2.75) is 19.9 Å². The van der Waals surface area contributed by atoms with Gasteiger partial charge in [-0.2, -0.15) is 0 Å². The van der Waals surface area contributed by atoms with Gasteiger partial charge < -0.3 is 11.1 Å². The van der Waals surface area contributed by atoms with Crippen LogP contribution < -0.4 is 11.1 Å². The number of rotatable bonds is 4. The first-order valence-corrected chi connectivity index (χ1v) is 6.17. The van der Waals surface area contributed by atoms with Crippen LogP contribution in [0, 0.1) is 5.92 Å². The number of nitrogens with two attached hydrogens (primary N) is 1. The summed E-state index contributed by atoms with van der Waals surface area (Å²) in [6.45, 7) is 4.42. The number of carbonyl (C=O) groups excluding carboxylic acids is 1. The molecule has 1 aromatic rings. The van der Waals surface area contributed by atoms with Gasteiger partial charge in [-0.25, -0.2) is 0 Å². The molecule has 0 aromatic heterocycles. The second-order valence-electron chi connectivity index (χ2n) is 4.22. The summed E-state index contributed by atoms with van der Waals surface area (Å²) in [6, 6.07) is 4.88. The molecule has 0 fully saturated rings. The van der Waals surface area contributed by atoms with Crippen LogP contribution in [0.3, 0.4) is 0 Å². The summed E-state index contributed by atoms with van der Waals surface area (Å²) in [5, 5.41) is 3.38. The minimum absolute atomic E-state index is 0.0723. The van der Waals surface area contributed by atoms with Crippen molar-refractivity contribution < 1.29 is 4.79 Å². The smallest absolute Gasteiger partial charge is 0.252 e. The van der Waals surface area contributed by atoms with Crippen LogP contribution >= 0.6 is 23.2 Å². The lowest BCUT2D eigenvalue weighted by atomic mass is 10.1. The molecule has 1 rings (SSSR count). The quantitative estimate of drug-likeness (QED) is 0.887. The summed E-state index contributed by atoms with van der Waals surface area (Å²) >= 11 is 11.8. The molecule has 5 heteroatoms. The summed E-state index contributed by atoms with van der Waals surface area (Å²) in [4.78, 5) is 11.8. The Morgan fingerprint density at radius 2 is 2.06 bits per heavy atom. The van der Waals surface area contributed by atoms with Crippen LogP contribution in [0.25, 0.3) is 0 Å². The van der Waals surface area contributed by atoms with Gasteiger partial charge in [0, 0.05) is 12.6 Å². The first-order chi connectivity index (χ1) is 7.93. The highest BCUT2D eigenvalue weighted by molar-refractivity contribution is 6.43. The number of amides is 1. The molecule has 17 heavy (non-hydrogen) atoms. The van der Waals surface area contributed by atoms with E-state index in [4.69, 9.17) is 28.9 Å². The topological polar surface area (TPSA) is 55.1 Å². The predicted octanol–water partition coefficient (Wildman–Crippen LogP) is 2.71. The van der Waals surface area contributed by atoms with Crippen molar-refractivity contribution >= 4 is 29.1 Å². The van der Waals surface area contributed by atoms with E-state index in [0.29, 0.717) is 23.0 Å². The molecule has 0 heterocycles. The molecule has 0 radical (unpaired) electrons. The fourth-order valence-electron chi connectivity index (χ4n) is 1.22. The van der Waals surface area contributed by atoms with Gasteiger partial charge in [0.15, 0.2) is 0 Å². The number of benzene rings is 1. The minimum atomic E-state index is -0.256. The Kier molecular flexibility index (Phi) is 5.25. The van der Waals surface area contributed by atoms with Gasteiger partial charge in [-0.15, -0.1) is 0 Å². The lowest BCUT2D eigenvalue weighted by Gasteiger charge is -2.16. The highest BCUT2D eigenvalue weighted by Gasteiger charge is 2.14. The fourth-order valence-corrected chi connectivity index (χ4v) is 1.61. The molecule has 0 saturated carbocycles. The molecule has 1 amide bonds. The van der Waals surface area contributed by atoms with E-state index in [2.05, 4.69) is 5.32 Å². The van der Waals surface area contributed by atoms with Crippen LogP contribution in [0.15, 0.2) is 18.2 Å². The van der Waals surface area contributed by atoms with Crippen LogP contribution in [-0.2, 0) is 0 Å². The minimum Gasteiger partial charge on any atom is -0.350 e. The molecular weight excluding hydrogens is 259 g/mol. The standard InChI is InChI=1S/C12H16Cl2N2O/c1-7(2)10(15)6-16-12(17)8-4-3-5-9(13)11(8)14/h3-5,7,10H,6,15H2,1-2H3,(H,16,17). The van der Waals surface area contributed by atoms with Crippen molar-refractivity contribution in [1.82, 2.24) is 5.32 Å². The lowest BCUT2D eigenvalue weighted by molar-refractivity contribution is 0.0949. The average molecular weight is 275 g/mol. The van der Waals surface area contributed by atoms with E-state index in [9.17, 15) is 4.79 Å². The van der Waals surface area contributed by atoms with E-state index in [1.165, 1.54) is 0 Å². The number of carbonyl (C=O) groups is 1. The Morgan fingerprint density at radius 3 is 2.65 bits per heavy atom. The van der Waals surface area contributed by atoms with Crippen LogP contribution in [-0.4, -0.2) is 18.5 Å². The third-order valence-electron chi connectivity index (χ3n) is 2.55. The molecule has 1 aromatic carbocycles. The van der Waals surface area contributed by atoms with Gasteiger partial charge in [-0.3, -0.25) is 4.79 Å². The summed E-state index contributed by atoms with van der Waals surface area (Å²) in [6.07, 6.45) is 0. The Balaban J connectivity index is 2.68. The predicted molar refractivity (Wildman–Crippen MR) is 71.6 cm³/mol. The van der Waals surface area contributed by atoms with Gasteiger partial charge in [-0.1, -0.05) is 43.1 Å². The highest BCUT2D eigenvalue weighted by atomic mass is 35.5. The maximum absolute atomic E-state index is 11.8. The molecule has 0 bridgehead atoms. The summed E-state index contributed by atoms with van der Waals surface area (Å²) < 4.78 is 0. The Bertz CT molecular complexity index is 407. The second-order valence-corrected chi connectivity index (χ2v) is 5.00. The summed E-state index contributed by atoms with van der Waals surface area (Å²) in [5.41, 5.74) is 6.21. The normalized spacial score (nSPS) is 12.6. The van der Waals surface area contributed by atoms with E-state index < -0.39 is 0 Å². The summed E-state index contributed by atoms with van der Waals surface area (Å²) in [7, 11) is 0. The van der Waals surface area contributed by atoms with E-state index in [0.717, 1.165) is 0 Å². The lowest BCUT2D eigenvalue weighted by Crippen LogP contribution is -2.40. The molecular formula is C12H16Cl2N2O. The number of hydrogen-bond donors (Lipinski definition) is 2. The second kappa shape index (κ2) is 6.24. The first-order valence-electron chi connectivity index (χ1n) is 5.41. The molecule has 3 N–H and O–H groups in total. The molecule has 1 atom stereocenters. The van der Waals surface area contributed by atoms with Gasteiger partial charge in [0.25, 0.3) is 5.91 Å². The SMILES string of the molecule is CC(C)C(N)CNC(=O)c1cccc(Cl)c1Cl. The number of halogens is 2. The van der Waals surface area contributed by atoms with E-state index in [1.54, 1.807) is 18.2 Å². The van der Waals surface area contributed by atoms with E-state index >= 15 is 0 Å². The van der Waals surface area contributed by atoms with Crippen LogP contribution in [0.5, 0.6) is 0 Å². The van der Waals surface area contributed by atoms with Crippen LogP contribution in [0.4, 0.5) is 0 Å².